The van der Waals surface area contributed by atoms with Crippen molar-refractivity contribution in [2.24, 2.45) is 0 Å². The van der Waals surface area contributed by atoms with Crippen molar-refractivity contribution in [1.82, 2.24) is 4.90 Å². The molecule has 0 aliphatic carbocycles. The summed E-state index contributed by atoms with van der Waals surface area (Å²) in [5.74, 6) is 0.0146. The highest BCUT2D eigenvalue weighted by Gasteiger charge is 2.13. The average Bonchev–Trinajstić information content (AvgIpc) is 2.37. The highest BCUT2D eigenvalue weighted by molar-refractivity contribution is 5.92. The molecular formula is C16H27N3O. The van der Waals surface area contributed by atoms with E-state index in [9.17, 15) is 4.79 Å². The number of hydrogen-bond donors (Lipinski definition) is 2. The van der Waals surface area contributed by atoms with Crippen molar-refractivity contribution in [2.75, 3.05) is 24.1 Å². The van der Waals surface area contributed by atoms with E-state index in [1.807, 2.05) is 12.1 Å². The summed E-state index contributed by atoms with van der Waals surface area (Å²) in [6.07, 6.45) is 3.54. The number of rotatable bonds is 8. The minimum absolute atomic E-state index is 0.0146. The van der Waals surface area contributed by atoms with Crippen molar-refractivity contribution >= 4 is 17.3 Å². The molecule has 1 rings (SSSR count). The van der Waals surface area contributed by atoms with Crippen LogP contribution in [-0.4, -0.2) is 29.9 Å². The number of amides is 1. The molecule has 1 amide bonds. The topological polar surface area (TPSA) is 58.4 Å². The molecule has 0 atom stereocenters. The third kappa shape index (κ3) is 6.06. The van der Waals surface area contributed by atoms with Crippen LogP contribution in [0.5, 0.6) is 0 Å². The summed E-state index contributed by atoms with van der Waals surface area (Å²) in [5, 5.41) is 2.90. The molecule has 0 spiro atoms. The number of carbonyl (C=O) groups excluding carboxylic acids is 1. The lowest BCUT2D eigenvalue weighted by atomic mass is 10.2. The van der Waals surface area contributed by atoms with Crippen LogP contribution in [0.2, 0.25) is 0 Å². The lowest BCUT2D eigenvalue weighted by molar-refractivity contribution is -0.117. The zero-order chi connectivity index (χ0) is 15.0. The Balaban J connectivity index is 2.49. The molecular weight excluding hydrogens is 250 g/mol. The molecule has 0 radical (unpaired) electrons. The van der Waals surface area contributed by atoms with Gasteiger partial charge in [-0.15, -0.1) is 0 Å². The molecule has 0 heterocycles. The van der Waals surface area contributed by atoms with Crippen molar-refractivity contribution in [1.29, 1.82) is 0 Å². The van der Waals surface area contributed by atoms with Gasteiger partial charge in [-0.1, -0.05) is 25.8 Å². The van der Waals surface area contributed by atoms with E-state index in [-0.39, 0.29) is 5.91 Å². The monoisotopic (exact) mass is 277 g/mol. The number of benzene rings is 1. The summed E-state index contributed by atoms with van der Waals surface area (Å²) in [6, 6.07) is 7.64. The van der Waals surface area contributed by atoms with Crippen LogP contribution in [0, 0.1) is 0 Å². The molecule has 4 nitrogen and oxygen atoms in total. The van der Waals surface area contributed by atoms with Crippen molar-refractivity contribution in [3.05, 3.63) is 24.3 Å². The molecule has 3 N–H and O–H groups in total. The normalized spacial score (nSPS) is 11.1. The van der Waals surface area contributed by atoms with E-state index in [2.05, 4.69) is 31.0 Å². The Morgan fingerprint density at radius 1 is 1.35 bits per heavy atom. The molecule has 0 fully saturated rings. The molecule has 0 bridgehead atoms. The van der Waals surface area contributed by atoms with Gasteiger partial charge in [-0.05, 0) is 45.0 Å². The first-order valence-electron chi connectivity index (χ1n) is 7.42. The Morgan fingerprint density at radius 3 is 2.70 bits per heavy atom. The molecule has 1 aromatic carbocycles. The van der Waals surface area contributed by atoms with Gasteiger partial charge in [0.05, 0.1) is 6.54 Å². The Bertz CT molecular complexity index is 418. The molecule has 0 aliphatic heterocycles. The molecule has 4 heteroatoms. The van der Waals surface area contributed by atoms with E-state index in [0.29, 0.717) is 18.3 Å². The van der Waals surface area contributed by atoms with Crippen molar-refractivity contribution < 1.29 is 4.79 Å². The smallest absolute Gasteiger partial charge is 0.238 e. The van der Waals surface area contributed by atoms with Gasteiger partial charge >= 0.3 is 0 Å². The fourth-order valence-corrected chi connectivity index (χ4v) is 2.09. The van der Waals surface area contributed by atoms with Gasteiger partial charge in [0.2, 0.25) is 5.91 Å². The Morgan fingerprint density at radius 2 is 2.10 bits per heavy atom. The van der Waals surface area contributed by atoms with Gasteiger partial charge in [0, 0.05) is 17.4 Å². The minimum atomic E-state index is 0.0146. The maximum Gasteiger partial charge on any atom is 0.238 e. The van der Waals surface area contributed by atoms with E-state index < -0.39 is 0 Å². The van der Waals surface area contributed by atoms with Crippen LogP contribution < -0.4 is 11.1 Å². The summed E-state index contributed by atoms with van der Waals surface area (Å²) in [7, 11) is 0. The highest BCUT2D eigenvalue weighted by atomic mass is 16.2. The second-order valence-electron chi connectivity index (χ2n) is 5.44. The summed E-state index contributed by atoms with van der Waals surface area (Å²) in [5.41, 5.74) is 7.12. The van der Waals surface area contributed by atoms with Gasteiger partial charge in [-0.25, -0.2) is 0 Å². The Kier molecular flexibility index (Phi) is 7.09. The number of carbonyl (C=O) groups is 1. The van der Waals surface area contributed by atoms with E-state index in [1.165, 1.54) is 12.8 Å². The maximum absolute atomic E-state index is 12.1. The number of anilines is 2. The first kappa shape index (κ1) is 16.5. The molecule has 20 heavy (non-hydrogen) atoms. The Hall–Kier alpha value is -1.55. The molecule has 112 valence electrons. The Labute approximate surface area is 122 Å². The molecule has 0 unspecified atom stereocenters. The van der Waals surface area contributed by atoms with Crippen LogP contribution in [0.15, 0.2) is 24.3 Å². The zero-order valence-electron chi connectivity index (χ0n) is 12.9. The average molecular weight is 277 g/mol. The molecule has 0 aliphatic rings. The number of unbranched alkanes of at least 4 members (excludes halogenated alkanes) is 2. The van der Waals surface area contributed by atoms with Crippen LogP contribution in [0.4, 0.5) is 11.4 Å². The standard InChI is InChI=1S/C16H27N3O/c1-4-5-6-10-19(13(2)3)12-16(20)18-15-9-7-8-14(17)11-15/h7-9,11,13H,4-6,10,12,17H2,1-3H3,(H,18,20). The van der Waals surface area contributed by atoms with Crippen LogP contribution in [-0.2, 0) is 4.79 Å². The molecule has 0 aromatic heterocycles. The van der Waals surface area contributed by atoms with Crippen LogP contribution >= 0.6 is 0 Å². The van der Waals surface area contributed by atoms with Crippen molar-refractivity contribution in [2.45, 2.75) is 46.1 Å². The first-order valence-corrected chi connectivity index (χ1v) is 7.42. The van der Waals surface area contributed by atoms with Gasteiger partial charge in [-0.2, -0.15) is 0 Å². The second-order valence-corrected chi connectivity index (χ2v) is 5.44. The van der Waals surface area contributed by atoms with Crippen molar-refractivity contribution in [3.8, 4) is 0 Å². The van der Waals surface area contributed by atoms with Gasteiger partial charge in [0.15, 0.2) is 0 Å². The summed E-state index contributed by atoms with van der Waals surface area (Å²) in [6.45, 7) is 7.83. The fraction of sp³-hybridized carbons (Fsp3) is 0.562. The minimum Gasteiger partial charge on any atom is -0.399 e. The summed E-state index contributed by atoms with van der Waals surface area (Å²) in [4.78, 5) is 14.3. The predicted octanol–water partition coefficient (Wildman–Crippen LogP) is 3.11. The van der Waals surface area contributed by atoms with Gasteiger partial charge in [0.25, 0.3) is 0 Å². The van der Waals surface area contributed by atoms with E-state index >= 15 is 0 Å². The van der Waals surface area contributed by atoms with Gasteiger partial charge in [-0.3, -0.25) is 9.69 Å². The largest absolute Gasteiger partial charge is 0.399 e. The zero-order valence-corrected chi connectivity index (χ0v) is 12.9. The summed E-state index contributed by atoms with van der Waals surface area (Å²) >= 11 is 0. The maximum atomic E-state index is 12.1. The lowest BCUT2D eigenvalue weighted by Crippen LogP contribution is -2.38. The van der Waals surface area contributed by atoms with Crippen LogP contribution in [0.25, 0.3) is 0 Å². The van der Waals surface area contributed by atoms with E-state index in [0.717, 1.165) is 18.7 Å². The molecule has 0 saturated carbocycles. The first-order chi connectivity index (χ1) is 9.52. The van der Waals surface area contributed by atoms with Gasteiger partial charge in [0.1, 0.15) is 0 Å². The van der Waals surface area contributed by atoms with Crippen LogP contribution in [0.1, 0.15) is 40.0 Å². The molecule has 0 saturated heterocycles. The van der Waals surface area contributed by atoms with E-state index in [1.54, 1.807) is 12.1 Å². The number of nitrogen functional groups attached to an aromatic ring is 1. The SMILES string of the molecule is CCCCCN(CC(=O)Nc1cccc(N)c1)C(C)C. The van der Waals surface area contributed by atoms with Gasteiger partial charge < -0.3 is 11.1 Å². The third-order valence-corrected chi connectivity index (χ3v) is 3.30. The number of nitrogens with zero attached hydrogens (tertiary/aromatic N) is 1. The van der Waals surface area contributed by atoms with Crippen molar-refractivity contribution in [3.63, 3.8) is 0 Å². The highest BCUT2D eigenvalue weighted by Crippen LogP contribution is 2.12. The number of nitrogens with two attached hydrogens (primary N) is 1. The quantitative estimate of drug-likeness (QED) is 0.567. The van der Waals surface area contributed by atoms with Crippen LogP contribution in [0.3, 0.4) is 0 Å². The van der Waals surface area contributed by atoms with E-state index in [4.69, 9.17) is 5.73 Å². The number of nitrogens with one attached hydrogen (secondary N) is 1. The lowest BCUT2D eigenvalue weighted by Gasteiger charge is -2.25. The number of hydrogen-bond acceptors (Lipinski definition) is 3. The molecule has 1 aromatic rings. The fourth-order valence-electron chi connectivity index (χ4n) is 2.09. The second kappa shape index (κ2) is 8.59. The predicted molar refractivity (Wildman–Crippen MR) is 85.7 cm³/mol. The third-order valence-electron chi connectivity index (χ3n) is 3.30. The summed E-state index contributed by atoms with van der Waals surface area (Å²) < 4.78 is 0.